The van der Waals surface area contributed by atoms with Gasteiger partial charge in [0.1, 0.15) is 11.4 Å². The zero-order valence-electron chi connectivity index (χ0n) is 12.9. The maximum absolute atomic E-state index is 12.9. The van der Waals surface area contributed by atoms with Gasteiger partial charge in [0.2, 0.25) is 0 Å². The molecule has 0 spiro atoms. The van der Waals surface area contributed by atoms with Crippen LogP contribution in [0.5, 0.6) is 0 Å². The van der Waals surface area contributed by atoms with E-state index in [1.165, 1.54) is 12.1 Å². The molecular weight excluding hydrogens is 271 g/mol. The Bertz CT molecular complexity index is 474. The summed E-state index contributed by atoms with van der Waals surface area (Å²) in [6, 6.07) is 6.66. The third kappa shape index (κ3) is 4.92. The maximum atomic E-state index is 12.9. The maximum Gasteiger partial charge on any atom is 0.407 e. The van der Waals surface area contributed by atoms with E-state index in [2.05, 4.69) is 10.2 Å². The number of piperidine rings is 1. The third-order valence-electron chi connectivity index (χ3n) is 3.41. The molecule has 1 aliphatic rings. The molecule has 0 saturated carbocycles. The number of nitrogens with zero attached hydrogens (tertiary/aromatic N) is 1. The number of alkyl carbamates (subject to hydrolysis) is 1. The normalized spacial score (nSPS) is 16.7. The summed E-state index contributed by atoms with van der Waals surface area (Å²) in [5.41, 5.74) is 0.547. The zero-order valence-corrected chi connectivity index (χ0v) is 12.9. The van der Waals surface area contributed by atoms with Gasteiger partial charge in [-0.1, -0.05) is 0 Å². The summed E-state index contributed by atoms with van der Waals surface area (Å²) in [6.45, 7) is 7.23. The lowest BCUT2D eigenvalue weighted by atomic mass is 10.0. The number of carbonyl (C=O) groups is 1. The average molecular weight is 294 g/mol. The van der Waals surface area contributed by atoms with E-state index in [1.807, 2.05) is 20.8 Å². The first-order valence-electron chi connectivity index (χ1n) is 7.33. The second-order valence-corrected chi connectivity index (χ2v) is 6.38. The van der Waals surface area contributed by atoms with Crippen molar-refractivity contribution in [1.82, 2.24) is 5.32 Å². The Kier molecular flexibility index (Phi) is 4.70. The standard InChI is InChI=1S/C16H23FN2O2/c1-16(2,3)21-15(20)18-13-8-10-19(11-9-13)14-6-4-12(17)5-7-14/h4-7,13H,8-11H2,1-3H3,(H,18,20). The molecule has 1 heterocycles. The highest BCUT2D eigenvalue weighted by Gasteiger charge is 2.23. The topological polar surface area (TPSA) is 41.6 Å². The molecule has 2 rings (SSSR count). The van der Waals surface area contributed by atoms with Gasteiger partial charge in [0.25, 0.3) is 0 Å². The smallest absolute Gasteiger partial charge is 0.407 e. The molecule has 4 nitrogen and oxygen atoms in total. The van der Waals surface area contributed by atoms with Gasteiger partial charge in [-0.3, -0.25) is 0 Å². The van der Waals surface area contributed by atoms with Crippen LogP contribution in [-0.4, -0.2) is 30.8 Å². The first-order valence-corrected chi connectivity index (χ1v) is 7.33. The highest BCUT2D eigenvalue weighted by molar-refractivity contribution is 5.68. The molecule has 0 radical (unpaired) electrons. The van der Waals surface area contributed by atoms with E-state index < -0.39 is 5.60 Å². The number of halogens is 1. The molecule has 1 fully saturated rings. The molecule has 0 atom stereocenters. The van der Waals surface area contributed by atoms with Crippen molar-refractivity contribution in [2.75, 3.05) is 18.0 Å². The molecule has 116 valence electrons. The van der Waals surface area contributed by atoms with Gasteiger partial charge < -0.3 is 15.0 Å². The van der Waals surface area contributed by atoms with Gasteiger partial charge in [0.05, 0.1) is 0 Å². The molecule has 21 heavy (non-hydrogen) atoms. The van der Waals surface area contributed by atoms with Crippen LogP contribution in [0.25, 0.3) is 0 Å². The van der Waals surface area contributed by atoms with Crippen molar-refractivity contribution in [1.29, 1.82) is 0 Å². The Morgan fingerprint density at radius 2 is 1.81 bits per heavy atom. The Labute approximate surface area is 125 Å². The van der Waals surface area contributed by atoms with Crippen LogP contribution in [0.2, 0.25) is 0 Å². The third-order valence-corrected chi connectivity index (χ3v) is 3.41. The molecule has 0 aliphatic carbocycles. The lowest BCUT2D eigenvalue weighted by Gasteiger charge is -2.34. The lowest BCUT2D eigenvalue weighted by molar-refractivity contribution is 0.0497. The zero-order chi connectivity index (χ0) is 15.5. The number of ether oxygens (including phenoxy) is 1. The second kappa shape index (κ2) is 6.33. The summed E-state index contributed by atoms with van der Waals surface area (Å²) < 4.78 is 18.2. The largest absolute Gasteiger partial charge is 0.444 e. The predicted molar refractivity (Wildman–Crippen MR) is 81.0 cm³/mol. The summed E-state index contributed by atoms with van der Waals surface area (Å²) in [7, 11) is 0. The van der Waals surface area contributed by atoms with Gasteiger partial charge in [-0.2, -0.15) is 0 Å². The minimum Gasteiger partial charge on any atom is -0.444 e. The minimum atomic E-state index is -0.473. The van der Waals surface area contributed by atoms with E-state index >= 15 is 0 Å². The van der Waals surface area contributed by atoms with E-state index in [-0.39, 0.29) is 18.0 Å². The van der Waals surface area contributed by atoms with Crippen LogP contribution in [0.15, 0.2) is 24.3 Å². The second-order valence-electron chi connectivity index (χ2n) is 6.38. The predicted octanol–water partition coefficient (Wildman–Crippen LogP) is 3.32. The molecule has 1 N–H and O–H groups in total. The summed E-state index contributed by atoms with van der Waals surface area (Å²) in [5, 5.41) is 2.91. The summed E-state index contributed by atoms with van der Waals surface area (Å²) in [4.78, 5) is 13.9. The number of benzene rings is 1. The van der Waals surface area contributed by atoms with E-state index in [9.17, 15) is 9.18 Å². The van der Waals surface area contributed by atoms with Crippen molar-refractivity contribution < 1.29 is 13.9 Å². The number of nitrogens with one attached hydrogen (secondary N) is 1. The van der Waals surface area contributed by atoms with Gasteiger partial charge >= 0.3 is 6.09 Å². The Hall–Kier alpha value is -1.78. The monoisotopic (exact) mass is 294 g/mol. The quantitative estimate of drug-likeness (QED) is 0.909. The van der Waals surface area contributed by atoms with Crippen LogP contribution in [0.3, 0.4) is 0 Å². The van der Waals surface area contributed by atoms with Gasteiger partial charge in [-0.15, -0.1) is 0 Å². The fraction of sp³-hybridized carbons (Fsp3) is 0.562. The number of hydrogen-bond donors (Lipinski definition) is 1. The first kappa shape index (κ1) is 15.6. The first-order chi connectivity index (χ1) is 9.83. The minimum absolute atomic E-state index is 0.136. The number of rotatable bonds is 2. The molecule has 1 amide bonds. The van der Waals surface area contributed by atoms with Crippen molar-refractivity contribution in [3.05, 3.63) is 30.1 Å². The molecule has 1 aromatic carbocycles. The van der Waals surface area contributed by atoms with Crippen molar-refractivity contribution in [2.45, 2.75) is 45.3 Å². The Balaban J connectivity index is 1.80. The number of carbonyl (C=O) groups excluding carboxylic acids is 1. The molecule has 1 aliphatic heterocycles. The van der Waals surface area contributed by atoms with Gasteiger partial charge in [0.15, 0.2) is 0 Å². The van der Waals surface area contributed by atoms with Crippen LogP contribution in [0, 0.1) is 5.82 Å². The van der Waals surface area contributed by atoms with E-state index in [1.54, 1.807) is 12.1 Å². The fourth-order valence-electron chi connectivity index (χ4n) is 2.41. The Morgan fingerprint density at radius 3 is 2.33 bits per heavy atom. The van der Waals surface area contributed by atoms with Crippen LogP contribution < -0.4 is 10.2 Å². The fourth-order valence-corrected chi connectivity index (χ4v) is 2.41. The highest BCUT2D eigenvalue weighted by atomic mass is 19.1. The summed E-state index contributed by atoms with van der Waals surface area (Å²) in [5.74, 6) is -0.222. The van der Waals surface area contributed by atoms with E-state index in [0.29, 0.717) is 0 Å². The van der Waals surface area contributed by atoms with Crippen molar-refractivity contribution in [3.63, 3.8) is 0 Å². The average Bonchev–Trinajstić information content (AvgIpc) is 2.38. The SMILES string of the molecule is CC(C)(C)OC(=O)NC1CCN(c2ccc(F)cc2)CC1. The lowest BCUT2D eigenvalue weighted by Crippen LogP contribution is -2.46. The Morgan fingerprint density at radius 1 is 1.24 bits per heavy atom. The molecule has 0 aromatic heterocycles. The van der Waals surface area contributed by atoms with Crippen LogP contribution in [0.1, 0.15) is 33.6 Å². The van der Waals surface area contributed by atoms with Crippen molar-refractivity contribution in [2.24, 2.45) is 0 Å². The highest BCUT2D eigenvalue weighted by Crippen LogP contribution is 2.20. The van der Waals surface area contributed by atoms with Gasteiger partial charge in [-0.25, -0.2) is 9.18 Å². The molecule has 0 bridgehead atoms. The molecular formula is C16H23FN2O2. The van der Waals surface area contributed by atoms with E-state index in [4.69, 9.17) is 4.74 Å². The van der Waals surface area contributed by atoms with Gasteiger partial charge in [0, 0.05) is 24.8 Å². The molecule has 5 heteroatoms. The van der Waals surface area contributed by atoms with Crippen LogP contribution >= 0.6 is 0 Å². The van der Waals surface area contributed by atoms with Crippen molar-refractivity contribution >= 4 is 11.8 Å². The van der Waals surface area contributed by atoms with E-state index in [0.717, 1.165) is 31.6 Å². The van der Waals surface area contributed by atoms with Crippen LogP contribution in [0.4, 0.5) is 14.9 Å². The number of hydrogen-bond acceptors (Lipinski definition) is 3. The van der Waals surface area contributed by atoms with Crippen molar-refractivity contribution in [3.8, 4) is 0 Å². The summed E-state index contributed by atoms with van der Waals surface area (Å²) >= 11 is 0. The van der Waals surface area contributed by atoms with Gasteiger partial charge in [-0.05, 0) is 57.9 Å². The number of amides is 1. The molecule has 0 unspecified atom stereocenters. The molecule has 1 aromatic rings. The molecule has 1 saturated heterocycles. The summed E-state index contributed by atoms with van der Waals surface area (Å²) in [6.07, 6.45) is 1.36. The van der Waals surface area contributed by atoms with Crippen LogP contribution in [-0.2, 0) is 4.74 Å². The number of anilines is 1.